The van der Waals surface area contributed by atoms with E-state index in [1.165, 1.54) is 28.0 Å². The van der Waals surface area contributed by atoms with Crippen molar-refractivity contribution in [3.8, 4) is 0 Å². The van der Waals surface area contributed by atoms with E-state index in [9.17, 15) is 14.7 Å². The topological polar surface area (TPSA) is 133 Å². The molecule has 0 radical (unpaired) electrons. The minimum atomic E-state index is -2.69. The quantitative estimate of drug-likeness (QED) is 0.0254. The number of thioether (sulfide) groups is 1. The Labute approximate surface area is 484 Å². The Morgan fingerprint density at radius 2 is 0.951 bits per heavy atom. The normalized spacial score (nSPS) is 15.4. The van der Waals surface area contributed by atoms with Crippen molar-refractivity contribution in [2.24, 2.45) is 5.16 Å². The SMILES string of the molecule is O=C(O)C1=C(C=P(c2ccccc2)(c2ccccc2)c2ccccc2)CS[C@H]2[C@H](NC(=O)C(=NOC(c3ccccc3)(c3ccccc3)c3ccccc3)c3csc(NC(c4ccccc4)(c4ccccc4)c4ccccc4)n3)C(=O)N12. The summed E-state index contributed by atoms with van der Waals surface area (Å²) >= 11 is 2.70. The number of nitrogens with zero attached hydrogens (tertiary/aromatic N) is 3. The molecule has 1 saturated heterocycles. The summed E-state index contributed by atoms with van der Waals surface area (Å²) in [6.45, 7) is -2.69. The van der Waals surface area contributed by atoms with Crippen LogP contribution in [-0.2, 0) is 30.4 Å². The largest absolute Gasteiger partial charge is 0.477 e. The molecule has 2 amide bonds. The van der Waals surface area contributed by atoms with E-state index in [1.807, 2.05) is 200 Å². The first-order chi connectivity index (χ1) is 40.3. The Morgan fingerprint density at radius 3 is 1.34 bits per heavy atom. The summed E-state index contributed by atoms with van der Waals surface area (Å²) in [7, 11) is 0. The Hall–Kier alpha value is -9.32. The summed E-state index contributed by atoms with van der Waals surface area (Å²) < 4.78 is 0. The minimum Gasteiger partial charge on any atom is -0.477 e. The van der Waals surface area contributed by atoms with Crippen LogP contribution >= 0.6 is 30.0 Å². The molecule has 82 heavy (non-hydrogen) atoms. The molecule has 0 unspecified atom stereocenters. The lowest BCUT2D eigenvalue weighted by atomic mass is 9.77. The Morgan fingerprint density at radius 1 is 0.573 bits per heavy atom. The van der Waals surface area contributed by atoms with Gasteiger partial charge in [0, 0.05) is 27.8 Å². The third-order valence-electron chi connectivity index (χ3n) is 15.0. The summed E-state index contributed by atoms with van der Waals surface area (Å²) in [5.74, 6) is -0.184. The number of oxime groups is 1. The second kappa shape index (κ2) is 23.4. The van der Waals surface area contributed by atoms with E-state index in [0.29, 0.717) is 10.7 Å². The predicted octanol–water partition coefficient (Wildman–Crippen LogP) is 11.8. The van der Waals surface area contributed by atoms with E-state index in [2.05, 4.69) is 89.2 Å². The predicted molar refractivity (Wildman–Crippen MR) is 333 cm³/mol. The summed E-state index contributed by atoms with van der Waals surface area (Å²) in [5, 5.41) is 27.5. The Balaban J connectivity index is 0.965. The molecule has 1 aromatic heterocycles. The number of carboxylic acid groups (broad SMARTS) is 1. The molecule has 402 valence electrons. The number of hydrogen-bond donors (Lipinski definition) is 3. The molecule has 12 rings (SSSR count). The van der Waals surface area contributed by atoms with Gasteiger partial charge in [0.05, 0.1) is 0 Å². The fourth-order valence-electron chi connectivity index (χ4n) is 11.2. The van der Waals surface area contributed by atoms with Crippen molar-refractivity contribution in [3.05, 3.63) is 329 Å². The molecule has 0 spiro atoms. The molecule has 9 aromatic carbocycles. The van der Waals surface area contributed by atoms with Crippen molar-refractivity contribution in [2.75, 3.05) is 11.1 Å². The fraction of sp³-hybridized carbons (Fsp3) is 0.0725. The van der Waals surface area contributed by atoms with E-state index in [4.69, 9.17) is 15.0 Å². The van der Waals surface area contributed by atoms with Crippen molar-refractivity contribution in [1.82, 2.24) is 15.2 Å². The number of aromatic nitrogens is 1. The van der Waals surface area contributed by atoms with Gasteiger partial charge in [0.1, 0.15) is 28.3 Å². The molecule has 2 aliphatic heterocycles. The van der Waals surface area contributed by atoms with Crippen LogP contribution in [-0.4, -0.2) is 61.5 Å². The number of nitrogens with one attached hydrogen (secondary N) is 2. The number of carbonyl (C=O) groups excluding carboxylic acids is 2. The summed E-state index contributed by atoms with van der Waals surface area (Å²) in [5.41, 5.74) is 3.17. The maximum Gasteiger partial charge on any atom is 0.352 e. The van der Waals surface area contributed by atoms with Crippen LogP contribution in [0.1, 0.15) is 39.1 Å². The number of rotatable bonds is 18. The number of carbonyl (C=O) groups is 3. The number of amides is 2. The second-order valence-corrected chi connectivity index (χ2v) is 24.9. The van der Waals surface area contributed by atoms with Crippen LogP contribution < -0.4 is 26.5 Å². The molecule has 2 aliphatic rings. The number of fused-ring (bicyclic) bond motifs is 1. The van der Waals surface area contributed by atoms with Gasteiger partial charge >= 0.3 is 5.97 Å². The van der Waals surface area contributed by atoms with Crippen LogP contribution in [0.2, 0.25) is 0 Å². The van der Waals surface area contributed by atoms with Crippen LogP contribution in [0.4, 0.5) is 5.13 Å². The van der Waals surface area contributed by atoms with Gasteiger partial charge in [-0.05, 0) is 50.9 Å². The molecule has 0 aliphatic carbocycles. The Kier molecular flexibility index (Phi) is 15.2. The number of hydrogen-bond acceptors (Lipinski definition) is 9. The van der Waals surface area contributed by atoms with Gasteiger partial charge in [-0.1, -0.05) is 278 Å². The summed E-state index contributed by atoms with van der Waals surface area (Å²) in [6.07, 6.45) is 0. The van der Waals surface area contributed by atoms with E-state index < -0.39 is 47.2 Å². The number of aliphatic carboxylic acids is 1. The average molecular weight is 1130 g/mol. The smallest absolute Gasteiger partial charge is 0.352 e. The highest BCUT2D eigenvalue weighted by Crippen LogP contribution is 2.48. The third kappa shape index (κ3) is 9.85. The maximum absolute atomic E-state index is 15.5. The number of benzene rings is 9. The third-order valence-corrected chi connectivity index (χ3v) is 21.1. The summed E-state index contributed by atoms with van der Waals surface area (Å²) in [6, 6.07) is 88.9. The molecule has 0 bridgehead atoms. The number of carboxylic acids is 1. The van der Waals surface area contributed by atoms with Crippen LogP contribution in [0, 0.1) is 0 Å². The van der Waals surface area contributed by atoms with Gasteiger partial charge in [0.15, 0.2) is 10.8 Å². The summed E-state index contributed by atoms with van der Waals surface area (Å²) in [4.78, 5) is 57.6. The van der Waals surface area contributed by atoms with Gasteiger partial charge in [0.25, 0.3) is 11.8 Å². The Bertz CT molecular complexity index is 3690. The number of β-lactam (4-membered cyclic amide) rings is 1. The van der Waals surface area contributed by atoms with Gasteiger partial charge in [-0.3, -0.25) is 14.5 Å². The van der Waals surface area contributed by atoms with Gasteiger partial charge < -0.3 is 20.6 Å². The van der Waals surface area contributed by atoms with E-state index in [0.717, 1.165) is 49.3 Å². The molecular formula is C69H54N5O5PS2. The highest BCUT2D eigenvalue weighted by atomic mass is 32.2. The molecule has 3 heterocycles. The van der Waals surface area contributed by atoms with E-state index >= 15 is 4.79 Å². The lowest BCUT2D eigenvalue weighted by Crippen LogP contribution is -2.71. The van der Waals surface area contributed by atoms with Gasteiger partial charge in [0.2, 0.25) is 5.60 Å². The zero-order valence-electron chi connectivity index (χ0n) is 44.2. The molecule has 3 N–H and O–H groups in total. The molecular weight excluding hydrogens is 1070 g/mol. The molecule has 0 saturated carbocycles. The monoisotopic (exact) mass is 1130 g/mol. The lowest BCUT2D eigenvalue weighted by molar-refractivity contribution is -0.150. The molecule has 2 atom stereocenters. The maximum atomic E-state index is 15.5. The standard InChI is InChI=1S/C69H54N5O5PS2/c75-63(71-61-64(76)74-62(66(77)78)49(47-81-65(61)74)46-80(56-40-22-7-23-41-56,57-42-24-8-25-43-57)58-44-26-9-27-45-58)60(73-79-69(53-34-16-4-17-35-53,54-36-18-5-19-37-54)55-38-20-6-21-39-55)59-48-82-67(70-59)72-68(50-28-10-1-11-29-50,51-30-12-2-13-31-51)52-32-14-3-15-33-52/h1-46,48,61,65H,47H2,(H,70,72)(H,71,75)(H,77,78)/t61-,65+/m1/s1. The fourth-order valence-corrected chi connectivity index (χ4v) is 17.4. The minimum absolute atomic E-state index is 0.115. The van der Waals surface area contributed by atoms with Crippen molar-refractivity contribution in [2.45, 2.75) is 22.6 Å². The van der Waals surface area contributed by atoms with E-state index in [-0.39, 0.29) is 22.9 Å². The van der Waals surface area contributed by atoms with Crippen LogP contribution in [0.15, 0.2) is 295 Å². The van der Waals surface area contributed by atoms with Gasteiger partial charge in [-0.25, -0.2) is 9.78 Å². The van der Waals surface area contributed by atoms with Crippen LogP contribution in [0.25, 0.3) is 0 Å². The first kappa shape index (κ1) is 53.3. The first-order valence-electron chi connectivity index (χ1n) is 26.8. The number of anilines is 1. The molecule has 10 aromatic rings. The highest BCUT2D eigenvalue weighted by molar-refractivity contribution is 8.00. The van der Waals surface area contributed by atoms with Crippen molar-refractivity contribution in [3.63, 3.8) is 0 Å². The second-order valence-electron chi connectivity index (χ2n) is 19.7. The zero-order chi connectivity index (χ0) is 55.9. The van der Waals surface area contributed by atoms with Gasteiger partial charge in [-0.2, -0.15) is 0 Å². The van der Waals surface area contributed by atoms with Gasteiger partial charge in [-0.15, -0.1) is 23.1 Å². The zero-order valence-corrected chi connectivity index (χ0v) is 46.7. The number of thiazole rings is 1. The van der Waals surface area contributed by atoms with Crippen molar-refractivity contribution >= 4 is 80.3 Å². The molecule has 1 fully saturated rings. The van der Waals surface area contributed by atoms with Crippen LogP contribution in [0.5, 0.6) is 0 Å². The van der Waals surface area contributed by atoms with Crippen molar-refractivity contribution in [1.29, 1.82) is 0 Å². The van der Waals surface area contributed by atoms with E-state index in [1.54, 1.807) is 5.38 Å². The van der Waals surface area contributed by atoms with Crippen molar-refractivity contribution < 1.29 is 24.3 Å². The molecule has 10 nitrogen and oxygen atoms in total. The van der Waals surface area contributed by atoms with Crippen LogP contribution in [0.3, 0.4) is 0 Å². The average Bonchev–Trinajstić information content (AvgIpc) is 3.06. The first-order valence-corrected chi connectivity index (χ1v) is 30.6. The molecule has 13 heteroatoms. The highest BCUT2D eigenvalue weighted by Gasteiger charge is 2.55. The lowest BCUT2D eigenvalue weighted by Gasteiger charge is -2.49.